The smallest absolute Gasteiger partial charge is 0.317 e. The monoisotopic (exact) mass is 318 g/mol. The van der Waals surface area contributed by atoms with Crippen LogP contribution in [-0.4, -0.2) is 56.5 Å². The van der Waals surface area contributed by atoms with Crippen molar-refractivity contribution in [3.05, 3.63) is 35.9 Å². The van der Waals surface area contributed by atoms with Gasteiger partial charge in [0.15, 0.2) is 0 Å². The van der Waals surface area contributed by atoms with Crippen LogP contribution in [0, 0.1) is 5.92 Å². The fourth-order valence-electron chi connectivity index (χ4n) is 3.13. The van der Waals surface area contributed by atoms with Gasteiger partial charge in [0.05, 0.1) is 25.4 Å². The summed E-state index contributed by atoms with van der Waals surface area (Å²) in [4.78, 5) is 14.4. The molecule has 2 aliphatic rings. The zero-order valence-corrected chi connectivity index (χ0v) is 13.7. The lowest BCUT2D eigenvalue weighted by Gasteiger charge is -2.34. The van der Waals surface area contributed by atoms with E-state index >= 15 is 0 Å². The first-order chi connectivity index (χ1) is 11.3. The van der Waals surface area contributed by atoms with Crippen LogP contribution in [0.25, 0.3) is 0 Å². The summed E-state index contributed by atoms with van der Waals surface area (Å²) in [5.74, 6) is 0.583. The molecular formula is C18H26N2O3. The van der Waals surface area contributed by atoms with E-state index in [1.807, 2.05) is 23.1 Å². The molecule has 1 aromatic rings. The van der Waals surface area contributed by atoms with Crippen LogP contribution in [-0.2, 0) is 15.9 Å². The maximum absolute atomic E-state index is 12.5. The molecule has 2 atom stereocenters. The third kappa shape index (κ3) is 4.69. The van der Waals surface area contributed by atoms with Crippen LogP contribution < -0.4 is 5.32 Å². The summed E-state index contributed by atoms with van der Waals surface area (Å²) >= 11 is 0. The van der Waals surface area contributed by atoms with Crippen molar-refractivity contribution in [2.75, 3.05) is 33.4 Å². The lowest BCUT2D eigenvalue weighted by molar-refractivity contribution is -0.0141. The second kappa shape index (κ2) is 7.79. The van der Waals surface area contributed by atoms with E-state index in [-0.39, 0.29) is 18.2 Å². The number of benzene rings is 1. The Morgan fingerprint density at radius 3 is 2.87 bits per heavy atom. The molecule has 0 aromatic heterocycles. The molecule has 23 heavy (non-hydrogen) atoms. The molecule has 5 heteroatoms. The van der Waals surface area contributed by atoms with Gasteiger partial charge >= 0.3 is 6.03 Å². The first-order valence-corrected chi connectivity index (χ1v) is 8.46. The van der Waals surface area contributed by atoms with Crippen molar-refractivity contribution in [1.29, 1.82) is 0 Å². The van der Waals surface area contributed by atoms with Crippen molar-refractivity contribution in [2.45, 2.75) is 31.4 Å². The van der Waals surface area contributed by atoms with E-state index in [1.165, 1.54) is 18.4 Å². The number of hydrogen-bond acceptors (Lipinski definition) is 3. The maximum atomic E-state index is 12.5. The fourth-order valence-corrected chi connectivity index (χ4v) is 3.13. The normalized spacial score (nSPS) is 22.7. The van der Waals surface area contributed by atoms with Gasteiger partial charge in [-0.25, -0.2) is 4.79 Å². The molecule has 1 heterocycles. The van der Waals surface area contributed by atoms with Gasteiger partial charge in [-0.2, -0.15) is 0 Å². The molecule has 1 aromatic carbocycles. The number of carbonyl (C=O) groups excluding carboxylic acids is 1. The predicted octanol–water partition coefficient (Wildman–Crippen LogP) is 2.06. The SMILES string of the molecule is COC[C@@H](NC(=O)N1CCO[C@@H](Cc2ccccc2)C1)C1CC1. The minimum Gasteiger partial charge on any atom is -0.383 e. The fraction of sp³-hybridized carbons (Fsp3) is 0.611. The lowest BCUT2D eigenvalue weighted by atomic mass is 10.1. The quantitative estimate of drug-likeness (QED) is 0.873. The second-order valence-electron chi connectivity index (χ2n) is 6.48. The highest BCUT2D eigenvalue weighted by atomic mass is 16.5. The molecule has 0 radical (unpaired) electrons. The second-order valence-corrected chi connectivity index (χ2v) is 6.48. The van der Waals surface area contributed by atoms with Crippen molar-refractivity contribution in [2.24, 2.45) is 5.92 Å². The number of nitrogens with one attached hydrogen (secondary N) is 1. The summed E-state index contributed by atoms with van der Waals surface area (Å²) in [7, 11) is 1.69. The van der Waals surface area contributed by atoms with Gasteiger partial charge < -0.3 is 19.7 Å². The molecule has 1 aliphatic heterocycles. The largest absolute Gasteiger partial charge is 0.383 e. The Balaban J connectivity index is 1.52. The molecule has 126 valence electrons. The first-order valence-electron chi connectivity index (χ1n) is 8.46. The van der Waals surface area contributed by atoms with Gasteiger partial charge in [0.25, 0.3) is 0 Å². The van der Waals surface area contributed by atoms with E-state index in [0.717, 1.165) is 6.42 Å². The highest BCUT2D eigenvalue weighted by molar-refractivity contribution is 5.74. The van der Waals surface area contributed by atoms with Crippen molar-refractivity contribution in [3.8, 4) is 0 Å². The molecule has 3 rings (SSSR count). The van der Waals surface area contributed by atoms with Crippen molar-refractivity contribution in [1.82, 2.24) is 10.2 Å². The summed E-state index contributed by atoms with van der Waals surface area (Å²) in [6.45, 7) is 2.49. The van der Waals surface area contributed by atoms with E-state index in [0.29, 0.717) is 32.2 Å². The Labute approximate surface area is 137 Å². The van der Waals surface area contributed by atoms with E-state index in [4.69, 9.17) is 9.47 Å². The summed E-state index contributed by atoms with van der Waals surface area (Å²) in [5.41, 5.74) is 1.25. The van der Waals surface area contributed by atoms with Crippen molar-refractivity contribution >= 4 is 6.03 Å². The summed E-state index contributed by atoms with van der Waals surface area (Å²) in [6.07, 6.45) is 3.29. The zero-order valence-electron chi connectivity index (χ0n) is 13.7. The molecule has 0 spiro atoms. The average Bonchev–Trinajstić information content (AvgIpc) is 3.40. The highest BCUT2D eigenvalue weighted by Gasteiger charge is 2.34. The molecule has 0 unspecified atom stereocenters. The van der Waals surface area contributed by atoms with Crippen LogP contribution in [0.3, 0.4) is 0 Å². The summed E-state index contributed by atoms with van der Waals surface area (Å²) in [6, 6.07) is 10.4. The molecule has 1 saturated carbocycles. The van der Waals surface area contributed by atoms with E-state index in [1.54, 1.807) is 7.11 Å². The minimum atomic E-state index is 0.0142. The van der Waals surface area contributed by atoms with Crippen LogP contribution in [0.4, 0.5) is 4.79 Å². The van der Waals surface area contributed by atoms with Crippen LogP contribution in [0.15, 0.2) is 30.3 Å². The molecule has 2 amide bonds. The van der Waals surface area contributed by atoms with Crippen LogP contribution >= 0.6 is 0 Å². The number of morpholine rings is 1. The molecule has 1 N–H and O–H groups in total. The highest BCUT2D eigenvalue weighted by Crippen LogP contribution is 2.32. The summed E-state index contributed by atoms with van der Waals surface area (Å²) in [5, 5.41) is 3.14. The van der Waals surface area contributed by atoms with Gasteiger partial charge in [-0.1, -0.05) is 30.3 Å². The third-order valence-corrected chi connectivity index (χ3v) is 4.58. The number of amides is 2. The minimum absolute atomic E-state index is 0.0142. The van der Waals surface area contributed by atoms with E-state index in [2.05, 4.69) is 17.4 Å². The summed E-state index contributed by atoms with van der Waals surface area (Å²) < 4.78 is 11.1. The molecule has 2 fully saturated rings. The Morgan fingerprint density at radius 2 is 2.17 bits per heavy atom. The molecule has 1 saturated heterocycles. The number of nitrogens with zero attached hydrogens (tertiary/aromatic N) is 1. The number of hydrogen-bond donors (Lipinski definition) is 1. The topological polar surface area (TPSA) is 50.8 Å². The van der Waals surface area contributed by atoms with E-state index in [9.17, 15) is 4.79 Å². The Hall–Kier alpha value is -1.59. The number of urea groups is 1. The zero-order chi connectivity index (χ0) is 16.1. The maximum Gasteiger partial charge on any atom is 0.317 e. The van der Waals surface area contributed by atoms with Crippen molar-refractivity contribution in [3.63, 3.8) is 0 Å². The number of methoxy groups -OCH3 is 1. The third-order valence-electron chi connectivity index (χ3n) is 4.58. The van der Waals surface area contributed by atoms with Crippen LogP contribution in [0.5, 0.6) is 0 Å². The van der Waals surface area contributed by atoms with Gasteiger partial charge in [-0.3, -0.25) is 0 Å². The van der Waals surface area contributed by atoms with Gasteiger partial charge in [0.1, 0.15) is 0 Å². The Bertz CT molecular complexity index is 504. The van der Waals surface area contributed by atoms with Crippen LogP contribution in [0.1, 0.15) is 18.4 Å². The van der Waals surface area contributed by atoms with Gasteiger partial charge in [-0.15, -0.1) is 0 Å². The van der Waals surface area contributed by atoms with Gasteiger partial charge in [0.2, 0.25) is 0 Å². The number of ether oxygens (including phenoxy) is 2. The standard InChI is InChI=1S/C18H26N2O3/c1-22-13-17(15-7-8-15)19-18(21)20-9-10-23-16(12-20)11-14-5-3-2-4-6-14/h2-6,15-17H,7-13H2,1H3,(H,19,21)/t16-,17+/m0/s1. The lowest BCUT2D eigenvalue weighted by Crippen LogP contribution is -2.53. The Kier molecular flexibility index (Phi) is 5.51. The molecular weight excluding hydrogens is 292 g/mol. The molecule has 0 bridgehead atoms. The van der Waals surface area contributed by atoms with Crippen LogP contribution in [0.2, 0.25) is 0 Å². The molecule has 5 nitrogen and oxygen atoms in total. The van der Waals surface area contributed by atoms with Gasteiger partial charge in [0, 0.05) is 26.6 Å². The first kappa shape index (κ1) is 16.3. The number of carbonyl (C=O) groups is 1. The van der Waals surface area contributed by atoms with Crippen molar-refractivity contribution < 1.29 is 14.3 Å². The van der Waals surface area contributed by atoms with E-state index < -0.39 is 0 Å². The molecule has 1 aliphatic carbocycles. The Morgan fingerprint density at radius 1 is 1.39 bits per heavy atom. The predicted molar refractivity (Wildman–Crippen MR) is 88.4 cm³/mol. The average molecular weight is 318 g/mol. The number of rotatable bonds is 6. The van der Waals surface area contributed by atoms with Gasteiger partial charge in [-0.05, 0) is 24.3 Å².